The Morgan fingerprint density at radius 2 is 2.10 bits per heavy atom. The first-order chi connectivity index (χ1) is 9.49. The quantitative estimate of drug-likeness (QED) is 0.567. The molecule has 1 aromatic heterocycles. The van der Waals surface area contributed by atoms with Gasteiger partial charge in [0.05, 0.1) is 16.2 Å². The van der Waals surface area contributed by atoms with Gasteiger partial charge in [0.15, 0.2) is 0 Å². The predicted octanol–water partition coefficient (Wildman–Crippen LogP) is 1.27. The van der Waals surface area contributed by atoms with E-state index in [4.69, 9.17) is 5.11 Å². The Morgan fingerprint density at radius 3 is 2.65 bits per heavy atom. The van der Waals surface area contributed by atoms with Gasteiger partial charge in [-0.05, 0) is 12.1 Å². The number of amides is 1. The molecule has 0 atom stereocenters. The number of rotatable bonds is 4. The zero-order valence-corrected chi connectivity index (χ0v) is 9.86. The molecule has 1 amide bonds. The molecule has 0 bridgehead atoms. The average Bonchev–Trinajstić information content (AvgIpc) is 2.92. The first-order valence-electron chi connectivity index (χ1n) is 5.31. The van der Waals surface area contributed by atoms with Crippen LogP contribution in [0.25, 0.3) is 0 Å². The fourth-order valence-electron chi connectivity index (χ4n) is 1.51. The first kappa shape index (κ1) is 13.2. The van der Waals surface area contributed by atoms with Crippen molar-refractivity contribution in [3.05, 3.63) is 51.8 Å². The molecule has 2 rings (SSSR count). The lowest BCUT2D eigenvalue weighted by molar-refractivity contribution is -0.384. The number of nitro groups is 1. The van der Waals surface area contributed by atoms with Crippen molar-refractivity contribution in [1.29, 1.82) is 0 Å². The molecule has 0 aliphatic heterocycles. The number of aromatic carboxylic acids is 1. The standard InChI is InChI=1S/C11H8N4O5/c16-10(8-3-4-12-14-8)13-9-5-6(15(19)20)1-2-7(9)11(17)18/h1-5H,(H,12,14)(H,13,16)(H,17,18). The van der Waals surface area contributed by atoms with Crippen LogP contribution in [-0.4, -0.2) is 32.1 Å². The number of carboxylic acids is 1. The summed E-state index contributed by atoms with van der Waals surface area (Å²) in [6.45, 7) is 0. The fraction of sp³-hybridized carbons (Fsp3) is 0. The highest BCUT2D eigenvalue weighted by atomic mass is 16.6. The lowest BCUT2D eigenvalue weighted by Gasteiger charge is -2.07. The monoisotopic (exact) mass is 276 g/mol. The van der Waals surface area contributed by atoms with Crippen molar-refractivity contribution in [1.82, 2.24) is 10.2 Å². The number of carbonyl (C=O) groups is 2. The Labute approximate surface area is 111 Å². The maximum atomic E-state index is 11.8. The van der Waals surface area contributed by atoms with Crippen molar-refractivity contribution < 1.29 is 19.6 Å². The summed E-state index contributed by atoms with van der Waals surface area (Å²) in [7, 11) is 0. The number of carbonyl (C=O) groups excluding carboxylic acids is 1. The van der Waals surface area contributed by atoms with Gasteiger partial charge in [-0.3, -0.25) is 20.0 Å². The van der Waals surface area contributed by atoms with Crippen molar-refractivity contribution >= 4 is 23.3 Å². The van der Waals surface area contributed by atoms with Gasteiger partial charge >= 0.3 is 5.97 Å². The van der Waals surface area contributed by atoms with E-state index in [0.29, 0.717) is 0 Å². The SMILES string of the molecule is O=C(Nc1cc([N+](=O)[O-])ccc1C(=O)O)c1ccn[nH]1. The molecule has 9 heteroatoms. The summed E-state index contributed by atoms with van der Waals surface area (Å²) < 4.78 is 0. The second-order valence-corrected chi connectivity index (χ2v) is 3.72. The number of carboxylic acid groups (broad SMARTS) is 1. The van der Waals surface area contributed by atoms with Gasteiger partial charge in [0.1, 0.15) is 5.69 Å². The van der Waals surface area contributed by atoms with E-state index in [1.54, 1.807) is 0 Å². The highest BCUT2D eigenvalue weighted by molar-refractivity contribution is 6.07. The van der Waals surface area contributed by atoms with Crippen molar-refractivity contribution in [3.8, 4) is 0 Å². The third-order valence-electron chi connectivity index (χ3n) is 2.44. The number of non-ortho nitro benzene ring substituents is 1. The minimum absolute atomic E-state index is 0.104. The highest BCUT2D eigenvalue weighted by Crippen LogP contribution is 2.23. The number of nitro benzene ring substituents is 1. The number of hydrogen-bond donors (Lipinski definition) is 3. The Bertz CT molecular complexity index is 680. The van der Waals surface area contributed by atoms with Gasteiger partial charge in [-0.2, -0.15) is 5.10 Å². The van der Waals surface area contributed by atoms with Crippen molar-refractivity contribution in [2.24, 2.45) is 0 Å². The molecular weight excluding hydrogens is 268 g/mol. The number of nitrogens with zero attached hydrogens (tertiary/aromatic N) is 2. The number of aromatic amines is 1. The van der Waals surface area contributed by atoms with E-state index in [1.165, 1.54) is 12.3 Å². The van der Waals surface area contributed by atoms with Crippen LogP contribution in [-0.2, 0) is 0 Å². The van der Waals surface area contributed by atoms with Crippen LogP contribution < -0.4 is 5.32 Å². The molecule has 0 aliphatic rings. The van der Waals surface area contributed by atoms with Crippen LogP contribution in [0.5, 0.6) is 0 Å². The summed E-state index contributed by atoms with van der Waals surface area (Å²) in [5, 5.41) is 27.9. The number of nitrogens with one attached hydrogen (secondary N) is 2. The molecule has 0 saturated carbocycles. The Kier molecular flexibility index (Phi) is 3.42. The van der Waals surface area contributed by atoms with Crippen LogP contribution in [0, 0.1) is 10.1 Å². The molecule has 3 N–H and O–H groups in total. The molecule has 0 spiro atoms. The largest absolute Gasteiger partial charge is 0.478 e. The fourth-order valence-corrected chi connectivity index (χ4v) is 1.51. The predicted molar refractivity (Wildman–Crippen MR) is 66.6 cm³/mol. The van der Waals surface area contributed by atoms with Crippen molar-refractivity contribution in [2.45, 2.75) is 0 Å². The lowest BCUT2D eigenvalue weighted by atomic mass is 10.1. The minimum Gasteiger partial charge on any atom is -0.478 e. The summed E-state index contributed by atoms with van der Waals surface area (Å²) in [5.74, 6) is -1.95. The topological polar surface area (TPSA) is 138 Å². The van der Waals surface area contributed by atoms with Crippen molar-refractivity contribution in [2.75, 3.05) is 5.32 Å². The van der Waals surface area contributed by atoms with E-state index in [0.717, 1.165) is 18.2 Å². The lowest BCUT2D eigenvalue weighted by Crippen LogP contribution is -2.15. The van der Waals surface area contributed by atoms with Gasteiger partial charge in [-0.25, -0.2) is 4.79 Å². The zero-order chi connectivity index (χ0) is 14.7. The van der Waals surface area contributed by atoms with Gasteiger partial charge in [0.25, 0.3) is 11.6 Å². The Balaban J connectivity index is 2.37. The first-order valence-corrected chi connectivity index (χ1v) is 5.31. The summed E-state index contributed by atoms with van der Waals surface area (Å²) in [4.78, 5) is 32.8. The number of benzene rings is 1. The number of anilines is 1. The van der Waals surface area contributed by atoms with E-state index in [1.807, 2.05) is 0 Å². The summed E-state index contributed by atoms with van der Waals surface area (Å²) in [5.41, 5.74) is -0.627. The molecule has 102 valence electrons. The van der Waals surface area contributed by atoms with Crippen LogP contribution >= 0.6 is 0 Å². The second kappa shape index (κ2) is 5.18. The molecule has 0 fully saturated rings. The normalized spacial score (nSPS) is 10.0. The maximum Gasteiger partial charge on any atom is 0.337 e. The van der Waals surface area contributed by atoms with Gasteiger partial charge in [-0.1, -0.05) is 0 Å². The minimum atomic E-state index is -1.31. The molecule has 0 radical (unpaired) electrons. The van der Waals surface area contributed by atoms with E-state index in [9.17, 15) is 19.7 Å². The van der Waals surface area contributed by atoms with E-state index in [2.05, 4.69) is 15.5 Å². The molecule has 9 nitrogen and oxygen atoms in total. The molecular formula is C11H8N4O5. The van der Waals surface area contributed by atoms with Crippen LogP contribution in [0.2, 0.25) is 0 Å². The molecule has 0 saturated heterocycles. The number of H-pyrrole nitrogens is 1. The summed E-state index contributed by atoms with van der Waals surface area (Å²) >= 11 is 0. The number of aromatic nitrogens is 2. The van der Waals surface area contributed by atoms with Crippen LogP contribution in [0.15, 0.2) is 30.5 Å². The molecule has 2 aromatic rings. The average molecular weight is 276 g/mol. The smallest absolute Gasteiger partial charge is 0.337 e. The Hall–Kier alpha value is -3.23. The number of hydrogen-bond acceptors (Lipinski definition) is 5. The van der Waals surface area contributed by atoms with Gasteiger partial charge in [0, 0.05) is 18.3 Å². The maximum absolute atomic E-state index is 11.8. The third kappa shape index (κ3) is 2.61. The Morgan fingerprint density at radius 1 is 1.35 bits per heavy atom. The molecule has 0 unspecified atom stereocenters. The van der Waals surface area contributed by atoms with Gasteiger partial charge < -0.3 is 10.4 Å². The van der Waals surface area contributed by atoms with Crippen LogP contribution in [0.3, 0.4) is 0 Å². The van der Waals surface area contributed by atoms with Crippen LogP contribution in [0.1, 0.15) is 20.8 Å². The summed E-state index contributed by atoms with van der Waals surface area (Å²) in [6, 6.07) is 4.48. The van der Waals surface area contributed by atoms with Gasteiger partial charge in [0.2, 0.25) is 0 Å². The van der Waals surface area contributed by atoms with Crippen molar-refractivity contribution in [3.63, 3.8) is 0 Å². The van der Waals surface area contributed by atoms with E-state index < -0.39 is 16.8 Å². The van der Waals surface area contributed by atoms with E-state index in [-0.39, 0.29) is 22.6 Å². The van der Waals surface area contributed by atoms with Crippen LogP contribution in [0.4, 0.5) is 11.4 Å². The zero-order valence-electron chi connectivity index (χ0n) is 9.86. The molecule has 0 aliphatic carbocycles. The summed E-state index contributed by atoms with van der Waals surface area (Å²) in [6.07, 6.45) is 1.35. The molecule has 1 heterocycles. The molecule has 20 heavy (non-hydrogen) atoms. The molecule has 1 aromatic carbocycles. The highest BCUT2D eigenvalue weighted by Gasteiger charge is 2.18. The van der Waals surface area contributed by atoms with E-state index >= 15 is 0 Å². The van der Waals surface area contributed by atoms with Gasteiger partial charge in [-0.15, -0.1) is 0 Å². The second-order valence-electron chi connectivity index (χ2n) is 3.72. The third-order valence-corrected chi connectivity index (χ3v) is 2.44.